The van der Waals surface area contributed by atoms with Crippen molar-refractivity contribution in [3.05, 3.63) is 72.8 Å². The number of nitrogens with zero attached hydrogens (tertiary/aromatic N) is 3. The van der Waals surface area contributed by atoms with Crippen LogP contribution < -0.4 is 5.19 Å². The highest BCUT2D eigenvalue weighted by molar-refractivity contribution is 7.24. The monoisotopic (exact) mass is 455 g/mol. The van der Waals surface area contributed by atoms with E-state index in [9.17, 15) is 0 Å². The minimum atomic E-state index is -1.61. The summed E-state index contributed by atoms with van der Waals surface area (Å²) in [5.41, 5.74) is 7.52. The van der Waals surface area contributed by atoms with Gasteiger partial charge in [0.15, 0.2) is 0 Å². The summed E-state index contributed by atoms with van der Waals surface area (Å²) in [7, 11) is -1.61. The van der Waals surface area contributed by atoms with Crippen molar-refractivity contribution in [2.75, 3.05) is 0 Å². The molecule has 0 aliphatic carbocycles. The van der Waals surface area contributed by atoms with Gasteiger partial charge in [-0.25, -0.2) is 4.98 Å². The van der Waals surface area contributed by atoms with Crippen molar-refractivity contribution >= 4 is 39.6 Å². The van der Waals surface area contributed by atoms with Crippen molar-refractivity contribution in [3.63, 3.8) is 0 Å². The highest BCUT2D eigenvalue weighted by atomic mass is 32.1. The first-order chi connectivity index (χ1) is 15.1. The average molecular weight is 456 g/mol. The molecule has 5 aromatic rings. The number of fused-ring (bicyclic) bond motifs is 3. The zero-order chi connectivity index (χ0) is 22.7. The van der Waals surface area contributed by atoms with Crippen molar-refractivity contribution in [2.45, 2.75) is 45.8 Å². The molecule has 0 aliphatic heterocycles. The van der Waals surface area contributed by atoms with Gasteiger partial charge in [0, 0.05) is 11.8 Å². The fraction of sp³-hybridized carbons (Fsp3) is 0.259. The fourth-order valence-corrected chi connectivity index (χ4v) is 7.05. The second kappa shape index (κ2) is 7.39. The highest BCUT2D eigenvalue weighted by Gasteiger charge is 2.26. The Morgan fingerprint density at radius 1 is 0.875 bits per heavy atom. The molecule has 5 rings (SSSR count). The summed E-state index contributed by atoms with van der Waals surface area (Å²) < 4.78 is 3.42. The van der Waals surface area contributed by atoms with E-state index in [4.69, 9.17) is 4.98 Å². The number of pyridine rings is 1. The van der Waals surface area contributed by atoms with Gasteiger partial charge in [-0.2, -0.15) is 0 Å². The molecule has 0 amide bonds. The number of imidazole rings is 1. The van der Waals surface area contributed by atoms with Crippen LogP contribution in [0.15, 0.2) is 67.3 Å². The van der Waals surface area contributed by atoms with Crippen LogP contribution in [0.5, 0.6) is 0 Å². The van der Waals surface area contributed by atoms with Crippen LogP contribution >= 0.6 is 11.3 Å². The van der Waals surface area contributed by atoms with Gasteiger partial charge in [-0.15, -0.1) is 11.3 Å². The molecule has 0 spiro atoms. The molecule has 162 valence electrons. The van der Waals surface area contributed by atoms with E-state index in [0.717, 1.165) is 10.5 Å². The number of aromatic nitrogens is 3. The number of rotatable bonds is 3. The highest BCUT2D eigenvalue weighted by Crippen LogP contribution is 2.37. The van der Waals surface area contributed by atoms with Crippen molar-refractivity contribution < 1.29 is 0 Å². The topological polar surface area (TPSA) is 30.2 Å². The summed E-state index contributed by atoms with van der Waals surface area (Å²) in [6, 6.07) is 17.7. The molecule has 5 heteroatoms. The first-order valence-electron chi connectivity index (χ1n) is 11.1. The van der Waals surface area contributed by atoms with Crippen LogP contribution in [0.2, 0.25) is 19.6 Å². The quantitative estimate of drug-likeness (QED) is 0.271. The summed E-state index contributed by atoms with van der Waals surface area (Å²) in [5.74, 6) is 0. The predicted octanol–water partition coefficient (Wildman–Crippen LogP) is 7.12. The maximum Gasteiger partial charge on any atom is 0.120 e. The summed E-state index contributed by atoms with van der Waals surface area (Å²) in [5, 5.41) is 1.41. The first kappa shape index (κ1) is 21.1. The van der Waals surface area contributed by atoms with E-state index >= 15 is 0 Å². The lowest BCUT2D eigenvalue weighted by Crippen LogP contribution is -2.39. The maximum atomic E-state index is 5.01. The Bertz CT molecular complexity index is 1450. The minimum Gasteiger partial charge on any atom is -0.289 e. The molecule has 0 bridgehead atoms. The van der Waals surface area contributed by atoms with Gasteiger partial charge in [0.2, 0.25) is 0 Å². The Labute approximate surface area is 194 Å². The van der Waals surface area contributed by atoms with Crippen molar-refractivity contribution in [1.29, 1.82) is 0 Å². The number of hydrogen-bond donors (Lipinski definition) is 0. The third-order valence-electron chi connectivity index (χ3n) is 6.08. The van der Waals surface area contributed by atoms with Crippen LogP contribution in [0.25, 0.3) is 37.4 Å². The molecule has 0 saturated heterocycles. The van der Waals surface area contributed by atoms with E-state index in [-0.39, 0.29) is 5.41 Å². The van der Waals surface area contributed by atoms with Crippen molar-refractivity contribution in [3.8, 4) is 22.4 Å². The van der Waals surface area contributed by atoms with Crippen molar-refractivity contribution in [2.24, 2.45) is 0 Å². The third kappa shape index (κ3) is 3.50. The van der Waals surface area contributed by atoms with Crippen LogP contribution in [0.1, 0.15) is 26.3 Å². The standard InChI is InChI=1S/C27H29N3SSi/c1-27(2,3)21-12-8-7-10-18(21)20-14-22(29-15-24(20)32(4,5)6)19-11-9-13-23-26(19)31-25-16-28-17-30(23)25/h7-17H,1-6H3. The van der Waals surface area contributed by atoms with E-state index < -0.39 is 8.07 Å². The Morgan fingerprint density at radius 3 is 2.38 bits per heavy atom. The lowest BCUT2D eigenvalue weighted by Gasteiger charge is -2.27. The molecule has 0 atom stereocenters. The molecule has 3 aromatic heterocycles. The third-order valence-corrected chi connectivity index (χ3v) is 9.24. The lowest BCUT2D eigenvalue weighted by atomic mass is 9.82. The van der Waals surface area contributed by atoms with E-state index in [1.165, 1.54) is 37.7 Å². The molecule has 3 nitrogen and oxygen atoms in total. The minimum absolute atomic E-state index is 0.0666. The summed E-state index contributed by atoms with van der Waals surface area (Å²) >= 11 is 1.78. The molecule has 0 N–H and O–H groups in total. The Balaban J connectivity index is 1.79. The maximum absolute atomic E-state index is 5.01. The van der Waals surface area contributed by atoms with E-state index in [1.54, 1.807) is 11.3 Å². The van der Waals surface area contributed by atoms with Crippen LogP contribution in [0.3, 0.4) is 0 Å². The second-order valence-electron chi connectivity index (χ2n) is 10.5. The molecular formula is C27H29N3SSi. The normalized spacial score (nSPS) is 12.7. The Hall–Kier alpha value is -2.76. The van der Waals surface area contributed by atoms with Gasteiger partial charge in [0.1, 0.15) is 11.2 Å². The summed E-state index contributed by atoms with van der Waals surface area (Å²) in [6.45, 7) is 14.1. The van der Waals surface area contributed by atoms with E-state index in [0.29, 0.717) is 0 Å². The molecule has 0 saturated carbocycles. The molecular weight excluding hydrogens is 426 g/mol. The van der Waals surface area contributed by atoms with Gasteiger partial charge in [0.05, 0.1) is 30.2 Å². The zero-order valence-electron chi connectivity index (χ0n) is 19.6. The molecule has 0 unspecified atom stereocenters. The molecule has 2 aromatic carbocycles. The van der Waals surface area contributed by atoms with Gasteiger partial charge in [-0.05, 0) is 39.4 Å². The fourth-order valence-electron chi connectivity index (χ4n) is 4.46. The number of benzene rings is 2. The number of hydrogen-bond acceptors (Lipinski definition) is 3. The summed E-state index contributed by atoms with van der Waals surface area (Å²) in [4.78, 5) is 10.5. The average Bonchev–Trinajstić information content (AvgIpc) is 3.33. The van der Waals surface area contributed by atoms with E-state index in [1.807, 2.05) is 12.5 Å². The van der Waals surface area contributed by atoms with Crippen LogP contribution in [-0.4, -0.2) is 22.4 Å². The number of thiazole rings is 1. The predicted molar refractivity (Wildman–Crippen MR) is 141 cm³/mol. The van der Waals surface area contributed by atoms with Gasteiger partial charge in [-0.1, -0.05) is 76.8 Å². The second-order valence-corrected chi connectivity index (χ2v) is 16.6. The largest absolute Gasteiger partial charge is 0.289 e. The van der Waals surface area contributed by atoms with Crippen molar-refractivity contribution in [1.82, 2.24) is 14.4 Å². The van der Waals surface area contributed by atoms with Gasteiger partial charge >= 0.3 is 0 Å². The lowest BCUT2D eigenvalue weighted by molar-refractivity contribution is 0.592. The molecule has 0 aliphatic rings. The Kier molecular flexibility index (Phi) is 4.87. The van der Waals surface area contributed by atoms with Gasteiger partial charge < -0.3 is 0 Å². The smallest absolute Gasteiger partial charge is 0.120 e. The Morgan fingerprint density at radius 2 is 1.62 bits per heavy atom. The van der Waals surface area contributed by atoms with Gasteiger partial charge in [0.25, 0.3) is 0 Å². The SMILES string of the molecule is CC(C)(C)c1ccccc1-c1cc(-c2cccc3c2sc2cncn23)ncc1[Si](C)(C)C. The molecule has 3 heterocycles. The molecule has 32 heavy (non-hydrogen) atoms. The summed E-state index contributed by atoms with van der Waals surface area (Å²) in [6.07, 6.45) is 5.98. The zero-order valence-corrected chi connectivity index (χ0v) is 21.4. The van der Waals surface area contributed by atoms with Crippen LogP contribution in [0.4, 0.5) is 0 Å². The van der Waals surface area contributed by atoms with Crippen LogP contribution in [-0.2, 0) is 5.41 Å². The molecule has 0 radical (unpaired) electrons. The van der Waals surface area contributed by atoms with Crippen LogP contribution in [0, 0.1) is 0 Å². The first-order valence-corrected chi connectivity index (χ1v) is 15.4. The van der Waals surface area contributed by atoms with E-state index in [2.05, 4.69) is 105 Å². The molecule has 0 fully saturated rings. The van der Waals surface area contributed by atoms with Gasteiger partial charge in [-0.3, -0.25) is 9.38 Å².